The van der Waals surface area contributed by atoms with Gasteiger partial charge < -0.3 is 15.5 Å². The number of carbonyl (C=O) groups is 1. The number of fused-ring (bicyclic) bond motifs is 2. The van der Waals surface area contributed by atoms with Crippen LogP contribution in [0.1, 0.15) is 79.8 Å². The summed E-state index contributed by atoms with van der Waals surface area (Å²) in [6, 6.07) is 8.86. The zero-order valence-electron chi connectivity index (χ0n) is 24.7. The van der Waals surface area contributed by atoms with Gasteiger partial charge in [0.2, 0.25) is 5.82 Å². The summed E-state index contributed by atoms with van der Waals surface area (Å²) in [4.78, 5) is 17.9. The molecule has 1 heterocycles. The van der Waals surface area contributed by atoms with Crippen molar-refractivity contribution < 1.29 is 18.3 Å². The van der Waals surface area contributed by atoms with Crippen molar-refractivity contribution in [1.82, 2.24) is 0 Å². The normalized spacial score (nSPS) is 20.9. The van der Waals surface area contributed by atoms with Crippen LogP contribution >= 0.6 is 0 Å². The molecule has 7 heteroatoms. The number of carbonyl (C=O) groups excluding carboxylic acids is 1. The van der Waals surface area contributed by atoms with Gasteiger partial charge in [0.15, 0.2) is 17.3 Å². The number of benzene rings is 2. The van der Waals surface area contributed by atoms with Gasteiger partial charge in [-0.1, -0.05) is 36.0 Å². The molecular formula is C36H37F2N3O2. The van der Waals surface area contributed by atoms with E-state index in [1.54, 1.807) is 6.20 Å². The van der Waals surface area contributed by atoms with E-state index in [2.05, 4.69) is 23.5 Å². The van der Waals surface area contributed by atoms with Crippen LogP contribution in [0.2, 0.25) is 0 Å². The van der Waals surface area contributed by atoms with Crippen LogP contribution < -0.4 is 10.1 Å². The van der Waals surface area contributed by atoms with Gasteiger partial charge in [-0.15, -0.1) is 0 Å². The molecule has 0 radical (unpaired) electrons. The number of nitrogens with zero attached hydrogens (tertiary/aromatic N) is 1. The van der Waals surface area contributed by atoms with Gasteiger partial charge in [0.05, 0.1) is 18.5 Å². The maximum absolute atomic E-state index is 14.9. The Morgan fingerprint density at radius 1 is 1.05 bits per heavy atom. The van der Waals surface area contributed by atoms with E-state index in [0.29, 0.717) is 30.5 Å². The standard InChI is InChI=1S/C36H37F2N3O2/c1-23(39)9-6-7-10-24-11-8-13-25-21-28(15-16-29(25)32(42)19-24)41-31-14-5-3-4-12-26-20-27(22-40-36(26)31)30-17-18-33(43-2)35(38)34(30)37/h3-4,11-12,14-18,21-22,39,41H,5-10,13,19-20H2,1-2H3/b4-3-,24-11+,26-12-,31-14-,39-23?. The zero-order chi connectivity index (χ0) is 30.3. The van der Waals surface area contributed by atoms with Crippen molar-refractivity contribution in [3.8, 4) is 5.75 Å². The Morgan fingerprint density at radius 2 is 1.88 bits per heavy atom. The van der Waals surface area contributed by atoms with Crippen molar-refractivity contribution >= 4 is 28.5 Å². The summed E-state index contributed by atoms with van der Waals surface area (Å²) in [5.41, 5.74) is 7.78. The molecule has 0 atom stereocenters. The first-order valence-corrected chi connectivity index (χ1v) is 14.8. The third kappa shape index (κ3) is 7.16. The van der Waals surface area contributed by atoms with Gasteiger partial charge >= 0.3 is 0 Å². The largest absolute Gasteiger partial charge is 0.494 e. The molecule has 0 fully saturated rings. The number of nitrogens with one attached hydrogen (secondary N) is 2. The SMILES string of the molecule is COc1ccc(C2=CN=C3/C(=C\C=C/C/C=C/3Nc3ccc4c(c3)CC/C=C(\CCCCC(C)=N)CC4=O)C2)c(F)c1F. The predicted molar refractivity (Wildman–Crippen MR) is 170 cm³/mol. The van der Waals surface area contributed by atoms with Gasteiger partial charge in [-0.25, -0.2) is 4.39 Å². The highest BCUT2D eigenvalue weighted by Crippen LogP contribution is 2.35. The van der Waals surface area contributed by atoms with E-state index >= 15 is 0 Å². The molecule has 222 valence electrons. The maximum atomic E-state index is 14.9. The van der Waals surface area contributed by atoms with E-state index in [0.717, 1.165) is 72.3 Å². The summed E-state index contributed by atoms with van der Waals surface area (Å²) in [6.07, 6.45) is 18.7. The fourth-order valence-electron chi connectivity index (χ4n) is 5.74. The third-order valence-electron chi connectivity index (χ3n) is 8.01. The molecule has 0 bridgehead atoms. The first-order valence-electron chi connectivity index (χ1n) is 14.8. The molecule has 0 saturated heterocycles. The summed E-state index contributed by atoms with van der Waals surface area (Å²) in [6.45, 7) is 1.84. The van der Waals surface area contributed by atoms with E-state index < -0.39 is 11.6 Å². The highest BCUT2D eigenvalue weighted by atomic mass is 19.2. The zero-order valence-corrected chi connectivity index (χ0v) is 24.7. The number of hydrogen-bond donors (Lipinski definition) is 2. The van der Waals surface area contributed by atoms with E-state index in [4.69, 9.17) is 15.1 Å². The maximum Gasteiger partial charge on any atom is 0.201 e. The van der Waals surface area contributed by atoms with E-state index in [1.165, 1.54) is 24.8 Å². The Bertz CT molecular complexity index is 1620. The van der Waals surface area contributed by atoms with Crippen LogP contribution in [0, 0.1) is 17.0 Å². The average Bonchev–Trinajstić information content (AvgIpc) is 2.97. The second-order valence-electron chi connectivity index (χ2n) is 11.2. The monoisotopic (exact) mass is 581 g/mol. The molecule has 5 nitrogen and oxygen atoms in total. The molecule has 0 aromatic heterocycles. The number of methoxy groups -OCH3 is 1. The molecule has 1 aliphatic heterocycles. The number of unbranched alkanes of at least 4 members (excludes halogenated alkanes) is 1. The van der Waals surface area contributed by atoms with Crippen molar-refractivity contribution in [2.24, 2.45) is 4.99 Å². The van der Waals surface area contributed by atoms with Gasteiger partial charge in [-0.05, 0) is 98.9 Å². The lowest BCUT2D eigenvalue weighted by Crippen LogP contribution is -2.18. The highest BCUT2D eigenvalue weighted by Gasteiger charge is 2.24. The highest BCUT2D eigenvalue weighted by molar-refractivity contribution is 6.16. The molecule has 3 aliphatic rings. The molecule has 0 unspecified atom stereocenters. The molecule has 5 rings (SSSR count). The number of anilines is 1. The van der Waals surface area contributed by atoms with Gasteiger partial charge in [0, 0.05) is 41.6 Å². The van der Waals surface area contributed by atoms with Crippen LogP contribution in [0.5, 0.6) is 5.75 Å². The molecule has 2 aromatic rings. The van der Waals surface area contributed by atoms with Crippen LogP contribution in [0.4, 0.5) is 14.5 Å². The topological polar surface area (TPSA) is 74.5 Å². The number of halogens is 2. The Hall–Kier alpha value is -4.39. The molecule has 43 heavy (non-hydrogen) atoms. The van der Waals surface area contributed by atoms with Gasteiger partial charge in [0.1, 0.15) is 0 Å². The van der Waals surface area contributed by atoms with Crippen LogP contribution in [-0.4, -0.2) is 24.3 Å². The summed E-state index contributed by atoms with van der Waals surface area (Å²) >= 11 is 0. The quantitative estimate of drug-likeness (QED) is 0.176. The van der Waals surface area contributed by atoms with Gasteiger partial charge in [-0.3, -0.25) is 9.79 Å². The van der Waals surface area contributed by atoms with Crippen molar-refractivity contribution in [2.75, 3.05) is 12.4 Å². The number of Topliss-reactive ketones (excluding diaryl/α,β-unsaturated/α-hetero) is 1. The number of ether oxygens (including phenoxy) is 1. The molecule has 0 spiro atoms. The first kappa shape index (κ1) is 30.1. The first-order chi connectivity index (χ1) is 20.8. The second kappa shape index (κ2) is 13.7. The molecule has 2 aliphatic carbocycles. The number of aliphatic imine (C=N–C) groups is 1. The fraction of sp³-hybridized carbons (Fsp3) is 0.306. The lowest BCUT2D eigenvalue weighted by atomic mass is 9.89. The van der Waals surface area contributed by atoms with Gasteiger partial charge in [-0.2, -0.15) is 4.39 Å². The second-order valence-corrected chi connectivity index (χ2v) is 11.2. The van der Waals surface area contributed by atoms with E-state index in [-0.39, 0.29) is 17.1 Å². The summed E-state index contributed by atoms with van der Waals surface area (Å²) in [7, 11) is 1.31. The lowest BCUT2D eigenvalue weighted by Gasteiger charge is -2.23. The van der Waals surface area contributed by atoms with E-state index in [1.807, 2.05) is 37.3 Å². The Balaban J connectivity index is 1.34. The van der Waals surface area contributed by atoms with Crippen LogP contribution in [0.3, 0.4) is 0 Å². The number of allylic oxidation sites excluding steroid dienone is 8. The molecule has 2 N–H and O–H groups in total. The summed E-state index contributed by atoms with van der Waals surface area (Å²) in [5.74, 6) is -1.95. The minimum Gasteiger partial charge on any atom is -0.494 e. The minimum atomic E-state index is -1.01. The summed E-state index contributed by atoms with van der Waals surface area (Å²) < 4.78 is 34.2. The Kier molecular flexibility index (Phi) is 9.60. The average molecular weight is 582 g/mol. The number of rotatable bonds is 9. The van der Waals surface area contributed by atoms with Crippen LogP contribution in [0.25, 0.3) is 5.57 Å². The minimum absolute atomic E-state index is 0.135. The van der Waals surface area contributed by atoms with Crippen LogP contribution in [0.15, 0.2) is 88.7 Å². The van der Waals surface area contributed by atoms with Crippen molar-refractivity contribution in [1.29, 1.82) is 5.41 Å². The van der Waals surface area contributed by atoms with Crippen molar-refractivity contribution in [3.05, 3.63) is 112 Å². The number of hydrogen-bond acceptors (Lipinski definition) is 5. The molecule has 0 amide bonds. The summed E-state index contributed by atoms with van der Waals surface area (Å²) in [5, 5.41) is 11.1. The number of ketones is 1. The lowest BCUT2D eigenvalue weighted by molar-refractivity contribution is 0.0990. The van der Waals surface area contributed by atoms with Gasteiger partial charge in [0.25, 0.3) is 0 Å². The van der Waals surface area contributed by atoms with E-state index in [9.17, 15) is 13.6 Å². The Morgan fingerprint density at radius 3 is 2.70 bits per heavy atom. The Labute approximate surface area is 252 Å². The fourth-order valence-corrected chi connectivity index (χ4v) is 5.74. The molecular weight excluding hydrogens is 544 g/mol. The molecule has 2 aromatic carbocycles. The molecule has 0 saturated carbocycles. The van der Waals surface area contributed by atoms with Crippen molar-refractivity contribution in [2.45, 2.75) is 64.7 Å². The third-order valence-corrected chi connectivity index (χ3v) is 8.01. The van der Waals surface area contributed by atoms with Crippen LogP contribution in [-0.2, 0) is 6.42 Å². The predicted octanol–water partition coefficient (Wildman–Crippen LogP) is 9.09. The smallest absolute Gasteiger partial charge is 0.201 e. The van der Waals surface area contributed by atoms with Crippen molar-refractivity contribution in [3.63, 3.8) is 0 Å². The number of aryl methyl sites for hydroxylation is 1.